The van der Waals surface area contributed by atoms with Crippen molar-refractivity contribution in [2.24, 2.45) is 0 Å². The third-order valence-electron chi connectivity index (χ3n) is 6.07. The van der Waals surface area contributed by atoms with Gasteiger partial charge < -0.3 is 19.3 Å². The summed E-state index contributed by atoms with van der Waals surface area (Å²) in [5.41, 5.74) is -0.230. The lowest BCUT2D eigenvalue weighted by molar-refractivity contribution is -0.172. The van der Waals surface area contributed by atoms with Gasteiger partial charge in [0.15, 0.2) is 5.60 Å². The van der Waals surface area contributed by atoms with Crippen molar-refractivity contribution in [1.29, 1.82) is 0 Å². The highest BCUT2D eigenvalue weighted by atomic mass is 16.6. The molecule has 1 aromatic carbocycles. The second-order valence-electron chi connectivity index (χ2n) is 7.80. The molecule has 0 radical (unpaired) electrons. The largest absolute Gasteiger partial charge is 0.496 e. The number of carbonyl (C=O) groups excluding carboxylic acids is 2. The van der Waals surface area contributed by atoms with Crippen LogP contribution in [-0.2, 0) is 31.3 Å². The van der Waals surface area contributed by atoms with Crippen molar-refractivity contribution in [2.75, 3.05) is 7.11 Å². The molecule has 32 heavy (non-hydrogen) atoms. The molecule has 164 valence electrons. The minimum atomic E-state index is -1.94. The topological polar surface area (TPSA) is 117 Å². The van der Waals surface area contributed by atoms with Gasteiger partial charge in [-0.15, -0.1) is 0 Å². The molecule has 2 aromatic heterocycles. The van der Waals surface area contributed by atoms with Gasteiger partial charge in [0.05, 0.1) is 29.6 Å². The number of ether oxygens (including phenoxy) is 3. The highest BCUT2D eigenvalue weighted by Crippen LogP contribution is 2.43. The molecule has 2 aliphatic rings. The minimum Gasteiger partial charge on any atom is -0.496 e. The Balaban J connectivity index is 1.86. The Morgan fingerprint density at radius 1 is 1.34 bits per heavy atom. The van der Waals surface area contributed by atoms with E-state index >= 15 is 0 Å². The fraction of sp³-hybridized carbons (Fsp3) is 0.304. The van der Waals surface area contributed by atoms with E-state index in [1.165, 1.54) is 11.5 Å². The van der Waals surface area contributed by atoms with Crippen molar-refractivity contribution < 1.29 is 28.9 Å². The smallest absolute Gasteiger partial charge is 0.343 e. The number of carbonyl (C=O) groups is 2. The van der Waals surface area contributed by atoms with E-state index < -0.39 is 29.3 Å². The first-order chi connectivity index (χ1) is 15.3. The van der Waals surface area contributed by atoms with E-state index in [2.05, 4.69) is 0 Å². The first-order valence-corrected chi connectivity index (χ1v) is 10.1. The van der Waals surface area contributed by atoms with Crippen LogP contribution >= 0.6 is 0 Å². The molecule has 0 aliphatic carbocycles. The lowest BCUT2D eigenvalue weighted by Gasteiger charge is -2.32. The van der Waals surface area contributed by atoms with Crippen LogP contribution < -0.4 is 10.3 Å². The van der Waals surface area contributed by atoms with Gasteiger partial charge in [-0.3, -0.25) is 14.2 Å². The van der Waals surface area contributed by atoms with E-state index in [9.17, 15) is 19.5 Å². The summed E-state index contributed by atoms with van der Waals surface area (Å²) in [4.78, 5) is 42.5. The van der Waals surface area contributed by atoms with Gasteiger partial charge in [0.25, 0.3) is 5.56 Å². The molecule has 4 heterocycles. The summed E-state index contributed by atoms with van der Waals surface area (Å²) in [6.07, 6.45) is -1.02. The van der Waals surface area contributed by atoms with Crippen molar-refractivity contribution in [3.8, 4) is 17.1 Å². The van der Waals surface area contributed by atoms with Gasteiger partial charge in [0, 0.05) is 23.4 Å². The zero-order chi connectivity index (χ0) is 22.8. The third kappa shape index (κ3) is 2.61. The number of pyridine rings is 2. The fourth-order valence-electron chi connectivity index (χ4n) is 4.46. The maximum absolute atomic E-state index is 13.5. The number of rotatable bonds is 3. The van der Waals surface area contributed by atoms with Gasteiger partial charge in [0.1, 0.15) is 12.4 Å². The number of cyclic esters (lactones) is 1. The second-order valence-corrected chi connectivity index (χ2v) is 7.80. The van der Waals surface area contributed by atoms with Crippen LogP contribution in [0.1, 0.15) is 43.2 Å². The molecule has 0 saturated heterocycles. The quantitative estimate of drug-likeness (QED) is 0.621. The molecular weight excluding hydrogens is 416 g/mol. The van der Waals surface area contributed by atoms with Crippen molar-refractivity contribution in [3.63, 3.8) is 0 Å². The molecule has 0 saturated carbocycles. The SMILES string of the molecule is CC[C@@]1(O)C(=O)OCc2c1cc1n(c2=O)C(OC(C)=O)c2cc3c(OC)cccc3nc2-1. The number of aliphatic hydroxyl groups is 1. The maximum atomic E-state index is 13.5. The summed E-state index contributed by atoms with van der Waals surface area (Å²) in [5, 5.41) is 11.7. The highest BCUT2D eigenvalue weighted by molar-refractivity contribution is 5.90. The summed E-state index contributed by atoms with van der Waals surface area (Å²) >= 11 is 0. The number of hydrogen-bond acceptors (Lipinski definition) is 8. The average molecular weight is 436 g/mol. The maximum Gasteiger partial charge on any atom is 0.343 e. The van der Waals surface area contributed by atoms with Crippen molar-refractivity contribution in [1.82, 2.24) is 9.55 Å². The molecule has 9 nitrogen and oxygen atoms in total. The van der Waals surface area contributed by atoms with E-state index in [1.54, 1.807) is 44.4 Å². The molecule has 1 N–H and O–H groups in total. The molecule has 2 atom stereocenters. The predicted octanol–water partition coefficient (Wildman–Crippen LogP) is 2.15. The van der Waals surface area contributed by atoms with Crippen LogP contribution in [0.5, 0.6) is 5.75 Å². The Hall–Kier alpha value is -3.72. The molecule has 5 rings (SSSR count). The van der Waals surface area contributed by atoms with E-state index in [4.69, 9.17) is 19.2 Å². The van der Waals surface area contributed by atoms with E-state index in [0.717, 1.165) is 0 Å². The minimum absolute atomic E-state index is 0.0320. The summed E-state index contributed by atoms with van der Waals surface area (Å²) < 4.78 is 17.4. The van der Waals surface area contributed by atoms with Gasteiger partial charge in [0.2, 0.25) is 6.23 Å². The normalized spacial score (nSPS) is 20.9. The van der Waals surface area contributed by atoms with Crippen LogP contribution in [-0.4, -0.2) is 33.7 Å². The van der Waals surface area contributed by atoms with Crippen LogP contribution in [0.25, 0.3) is 22.3 Å². The van der Waals surface area contributed by atoms with E-state index in [0.29, 0.717) is 33.6 Å². The van der Waals surface area contributed by atoms with Gasteiger partial charge in [-0.1, -0.05) is 13.0 Å². The number of hydrogen-bond donors (Lipinski definition) is 1. The van der Waals surface area contributed by atoms with Crippen LogP contribution in [0.15, 0.2) is 35.1 Å². The molecule has 0 bridgehead atoms. The Morgan fingerprint density at radius 3 is 2.81 bits per heavy atom. The average Bonchev–Trinajstić information content (AvgIpc) is 3.07. The Morgan fingerprint density at radius 2 is 2.12 bits per heavy atom. The Labute approximate surface area is 182 Å². The summed E-state index contributed by atoms with van der Waals surface area (Å²) in [6.45, 7) is 2.62. The molecule has 0 fully saturated rings. The first-order valence-electron chi connectivity index (χ1n) is 10.1. The third-order valence-corrected chi connectivity index (χ3v) is 6.07. The lowest BCUT2D eigenvalue weighted by Crippen LogP contribution is -2.44. The lowest BCUT2D eigenvalue weighted by atomic mass is 9.86. The molecule has 3 aromatic rings. The molecular formula is C23H20N2O7. The molecule has 0 amide bonds. The van der Waals surface area contributed by atoms with Crippen LogP contribution in [0.2, 0.25) is 0 Å². The molecule has 0 spiro atoms. The molecule has 9 heteroatoms. The Kier molecular flexibility index (Phi) is 4.35. The van der Waals surface area contributed by atoms with Crippen LogP contribution in [0, 0.1) is 0 Å². The van der Waals surface area contributed by atoms with Crippen LogP contribution in [0.3, 0.4) is 0 Å². The van der Waals surface area contributed by atoms with Crippen molar-refractivity contribution >= 4 is 22.8 Å². The molecule has 1 unspecified atom stereocenters. The number of nitrogens with zero attached hydrogens (tertiary/aromatic N) is 2. The number of methoxy groups -OCH3 is 1. The van der Waals surface area contributed by atoms with Crippen molar-refractivity contribution in [2.45, 2.75) is 38.7 Å². The number of benzene rings is 1. The number of esters is 2. The van der Waals surface area contributed by atoms with E-state index in [1.807, 2.05) is 0 Å². The summed E-state index contributed by atoms with van der Waals surface area (Å²) in [6, 6.07) is 8.74. The first kappa shape index (κ1) is 20.2. The fourth-order valence-corrected chi connectivity index (χ4v) is 4.46. The molecule has 2 aliphatic heterocycles. The zero-order valence-corrected chi connectivity index (χ0v) is 17.7. The standard InChI is InChI=1S/C23H20N2O7/c1-4-23(29)15-9-17-19-13(8-12-16(24-19)6-5-7-18(12)30-3)21(32-11(2)26)25(17)20(27)14(15)10-31-22(23)28/h5-9,21,29H,4,10H2,1-3H3/t21?,23-/m0/s1. The van der Waals surface area contributed by atoms with Gasteiger partial charge >= 0.3 is 11.9 Å². The van der Waals surface area contributed by atoms with Gasteiger partial charge in [-0.25, -0.2) is 9.78 Å². The van der Waals surface area contributed by atoms with Crippen LogP contribution in [0.4, 0.5) is 0 Å². The number of fused-ring (bicyclic) bond motifs is 5. The highest BCUT2D eigenvalue weighted by Gasteiger charge is 2.46. The van der Waals surface area contributed by atoms with Crippen molar-refractivity contribution in [3.05, 3.63) is 57.4 Å². The summed E-state index contributed by atoms with van der Waals surface area (Å²) in [7, 11) is 1.54. The second kappa shape index (κ2) is 6.89. The zero-order valence-electron chi connectivity index (χ0n) is 17.7. The van der Waals surface area contributed by atoms with E-state index in [-0.39, 0.29) is 24.2 Å². The van der Waals surface area contributed by atoms with Gasteiger partial charge in [-0.2, -0.15) is 0 Å². The Bertz CT molecular complexity index is 1380. The number of aromatic nitrogens is 2. The monoisotopic (exact) mass is 436 g/mol. The van der Waals surface area contributed by atoms with Gasteiger partial charge in [-0.05, 0) is 30.7 Å². The summed E-state index contributed by atoms with van der Waals surface area (Å²) in [5.74, 6) is -0.792. The predicted molar refractivity (Wildman–Crippen MR) is 112 cm³/mol.